The van der Waals surface area contributed by atoms with Crippen LogP contribution < -0.4 is 5.73 Å². The zero-order chi connectivity index (χ0) is 18.7. The van der Waals surface area contributed by atoms with Crippen molar-refractivity contribution in [3.05, 3.63) is 47.6 Å². The summed E-state index contributed by atoms with van der Waals surface area (Å²) in [5.41, 5.74) is 6.29. The van der Waals surface area contributed by atoms with Crippen molar-refractivity contribution >= 4 is 11.9 Å². The molecular weight excluding hydrogens is 310 g/mol. The molecule has 0 aromatic carbocycles. The lowest BCUT2D eigenvalue weighted by molar-refractivity contribution is -0.136. The van der Waals surface area contributed by atoms with Gasteiger partial charge in [0.05, 0.1) is 18.8 Å². The number of ether oxygens (including phenoxy) is 1. The van der Waals surface area contributed by atoms with Gasteiger partial charge < -0.3 is 20.7 Å². The van der Waals surface area contributed by atoms with Gasteiger partial charge in [0.1, 0.15) is 0 Å². The summed E-state index contributed by atoms with van der Waals surface area (Å²) in [7, 11) is 1.33. The number of aliphatic hydroxyl groups is 2. The molecule has 0 aromatic rings. The van der Waals surface area contributed by atoms with Crippen LogP contribution in [0.4, 0.5) is 0 Å². The second kappa shape index (κ2) is 11.4. The molecule has 0 aliphatic heterocycles. The van der Waals surface area contributed by atoms with Crippen molar-refractivity contribution < 1.29 is 24.5 Å². The lowest BCUT2D eigenvalue weighted by Crippen LogP contribution is -2.42. The number of amides is 1. The fourth-order valence-corrected chi connectivity index (χ4v) is 1.87. The molecule has 24 heavy (non-hydrogen) atoms. The van der Waals surface area contributed by atoms with Gasteiger partial charge in [-0.1, -0.05) is 42.9 Å². The van der Waals surface area contributed by atoms with E-state index in [4.69, 9.17) is 5.73 Å². The van der Waals surface area contributed by atoms with E-state index in [0.717, 1.165) is 5.57 Å². The van der Waals surface area contributed by atoms with Crippen molar-refractivity contribution in [2.45, 2.75) is 39.4 Å². The van der Waals surface area contributed by atoms with Crippen LogP contribution in [0.1, 0.15) is 27.2 Å². The van der Waals surface area contributed by atoms with Gasteiger partial charge in [0.25, 0.3) is 0 Å². The molecule has 0 radical (unpaired) electrons. The minimum Gasteiger partial charge on any atom is -0.465 e. The van der Waals surface area contributed by atoms with E-state index in [1.165, 1.54) is 7.11 Å². The summed E-state index contributed by atoms with van der Waals surface area (Å²) in [6.45, 7) is 5.32. The lowest BCUT2D eigenvalue weighted by Gasteiger charge is -2.20. The Hall–Kier alpha value is -2.18. The predicted molar refractivity (Wildman–Crippen MR) is 92.8 cm³/mol. The Bertz CT molecular complexity index is 546. The molecule has 4 N–H and O–H groups in total. The maximum Gasteiger partial charge on any atom is 0.337 e. The first kappa shape index (κ1) is 21.8. The first-order chi connectivity index (χ1) is 11.2. The summed E-state index contributed by atoms with van der Waals surface area (Å²) < 4.78 is 4.67. The zero-order valence-corrected chi connectivity index (χ0v) is 14.6. The van der Waals surface area contributed by atoms with Crippen LogP contribution in [0.5, 0.6) is 0 Å². The molecule has 3 atom stereocenters. The van der Waals surface area contributed by atoms with E-state index in [1.54, 1.807) is 38.2 Å². The highest BCUT2D eigenvalue weighted by atomic mass is 16.5. The van der Waals surface area contributed by atoms with Crippen LogP contribution in [0.15, 0.2) is 47.6 Å². The normalized spacial score (nSPS) is 17.1. The Kier molecular flexibility index (Phi) is 10.3. The molecule has 0 saturated carbocycles. The number of hydrogen-bond donors (Lipinski definition) is 3. The summed E-state index contributed by atoms with van der Waals surface area (Å²) in [6, 6.07) is 0. The predicted octanol–water partition coefficient (Wildman–Crippen LogP) is 1.40. The van der Waals surface area contributed by atoms with E-state index in [-0.39, 0.29) is 5.92 Å². The molecule has 0 heterocycles. The molecule has 1 amide bonds. The Labute approximate surface area is 143 Å². The number of primary amides is 1. The smallest absolute Gasteiger partial charge is 0.337 e. The van der Waals surface area contributed by atoms with Gasteiger partial charge in [-0.15, -0.1) is 0 Å². The summed E-state index contributed by atoms with van der Waals surface area (Å²) in [6.07, 6.45) is 8.30. The number of rotatable bonds is 9. The third-order valence-electron chi connectivity index (χ3n) is 3.43. The van der Waals surface area contributed by atoms with E-state index in [9.17, 15) is 19.8 Å². The minimum absolute atomic E-state index is 0.317. The highest BCUT2D eigenvalue weighted by molar-refractivity contribution is 5.91. The molecular formula is C18H27NO5. The van der Waals surface area contributed by atoms with E-state index in [0.29, 0.717) is 12.0 Å². The number of hydrogen-bond acceptors (Lipinski definition) is 5. The molecule has 3 unspecified atom stereocenters. The van der Waals surface area contributed by atoms with Crippen LogP contribution in [0.3, 0.4) is 0 Å². The van der Waals surface area contributed by atoms with Crippen LogP contribution in [-0.2, 0) is 14.3 Å². The van der Waals surface area contributed by atoms with Gasteiger partial charge in [0, 0.05) is 0 Å². The second-order valence-corrected chi connectivity index (χ2v) is 5.46. The third kappa shape index (κ3) is 7.89. The van der Waals surface area contributed by atoms with Gasteiger partial charge in [-0.05, 0) is 32.3 Å². The maximum atomic E-state index is 11.4. The molecule has 6 heteroatoms. The van der Waals surface area contributed by atoms with Gasteiger partial charge in [-0.25, -0.2) is 4.79 Å². The third-order valence-corrected chi connectivity index (χ3v) is 3.43. The summed E-state index contributed by atoms with van der Waals surface area (Å²) >= 11 is 0. The van der Waals surface area contributed by atoms with E-state index < -0.39 is 24.1 Å². The van der Waals surface area contributed by atoms with Crippen molar-refractivity contribution in [1.29, 1.82) is 0 Å². The van der Waals surface area contributed by atoms with Crippen molar-refractivity contribution in [3.63, 3.8) is 0 Å². The average molecular weight is 337 g/mol. The molecule has 0 aliphatic rings. The molecule has 0 spiro atoms. The Morgan fingerprint density at radius 1 is 1.25 bits per heavy atom. The quantitative estimate of drug-likeness (QED) is 0.335. The monoisotopic (exact) mass is 337 g/mol. The Morgan fingerprint density at radius 3 is 2.38 bits per heavy atom. The fourth-order valence-electron chi connectivity index (χ4n) is 1.87. The Balaban J connectivity index is 4.57. The minimum atomic E-state index is -1.56. The number of esters is 1. The molecule has 6 nitrogen and oxygen atoms in total. The molecule has 0 aromatic heterocycles. The number of allylic oxidation sites excluding steroid dienone is 6. The van der Waals surface area contributed by atoms with Gasteiger partial charge in [-0.2, -0.15) is 0 Å². The highest BCUT2D eigenvalue weighted by Gasteiger charge is 2.26. The topological polar surface area (TPSA) is 110 Å². The average Bonchev–Trinajstić information content (AvgIpc) is 2.56. The summed E-state index contributed by atoms with van der Waals surface area (Å²) in [4.78, 5) is 22.3. The number of carbonyl (C=O) groups is 2. The van der Waals surface area contributed by atoms with Crippen molar-refractivity contribution in [2.75, 3.05) is 7.11 Å². The van der Waals surface area contributed by atoms with E-state index >= 15 is 0 Å². The van der Waals surface area contributed by atoms with Gasteiger partial charge in [-0.3, -0.25) is 4.79 Å². The van der Waals surface area contributed by atoms with Crippen LogP contribution in [0.25, 0.3) is 0 Å². The van der Waals surface area contributed by atoms with Gasteiger partial charge in [0.2, 0.25) is 5.91 Å². The van der Waals surface area contributed by atoms with Crippen LogP contribution >= 0.6 is 0 Å². The number of nitrogens with two attached hydrogens (primary N) is 1. The number of aliphatic hydroxyl groups excluding tert-OH is 2. The standard InChI is InChI=1S/C18H27NO5/c1-5-14(18(23)24-4)11-12(2)9-7-6-8-10-13(3)15(20)16(21)17(19)22/h5-9,11,13,15-16,20-21H,10H2,1-4H3,(H2,19,22). The fraction of sp³-hybridized carbons (Fsp3) is 0.444. The van der Waals surface area contributed by atoms with Crippen LogP contribution in [0, 0.1) is 5.92 Å². The molecule has 0 rings (SSSR count). The highest BCUT2D eigenvalue weighted by Crippen LogP contribution is 2.12. The summed E-state index contributed by atoms with van der Waals surface area (Å²) in [5, 5.41) is 19.1. The Morgan fingerprint density at radius 2 is 1.88 bits per heavy atom. The SMILES string of the molecule is CC=C(C=C(C)C=CC=CCC(C)C(O)C(O)C(N)=O)C(=O)OC. The molecule has 0 aliphatic carbocycles. The van der Waals surface area contributed by atoms with E-state index in [2.05, 4.69) is 4.74 Å². The van der Waals surface area contributed by atoms with Crippen molar-refractivity contribution in [2.24, 2.45) is 11.7 Å². The van der Waals surface area contributed by atoms with Crippen molar-refractivity contribution in [1.82, 2.24) is 0 Å². The van der Waals surface area contributed by atoms with Crippen LogP contribution in [0.2, 0.25) is 0 Å². The summed E-state index contributed by atoms with van der Waals surface area (Å²) in [5.74, 6) is -1.65. The molecule has 134 valence electrons. The first-order valence-corrected chi connectivity index (χ1v) is 7.66. The first-order valence-electron chi connectivity index (χ1n) is 7.66. The van der Waals surface area contributed by atoms with Gasteiger partial charge >= 0.3 is 5.97 Å². The lowest BCUT2D eigenvalue weighted by atomic mass is 9.96. The number of methoxy groups -OCH3 is 1. The van der Waals surface area contributed by atoms with Crippen molar-refractivity contribution in [3.8, 4) is 0 Å². The zero-order valence-electron chi connectivity index (χ0n) is 14.6. The van der Waals surface area contributed by atoms with E-state index in [1.807, 2.05) is 19.1 Å². The van der Waals surface area contributed by atoms with Gasteiger partial charge in [0.15, 0.2) is 6.10 Å². The molecule has 0 bridgehead atoms. The molecule has 0 fully saturated rings. The molecule has 0 saturated heterocycles. The number of carbonyl (C=O) groups excluding carboxylic acids is 2. The van der Waals surface area contributed by atoms with Crippen LogP contribution in [-0.4, -0.2) is 41.4 Å². The maximum absolute atomic E-state index is 11.4. The second-order valence-electron chi connectivity index (χ2n) is 5.46. The largest absolute Gasteiger partial charge is 0.465 e.